The van der Waals surface area contributed by atoms with E-state index >= 15 is 0 Å². The van der Waals surface area contributed by atoms with Gasteiger partial charge < -0.3 is 10.2 Å². The van der Waals surface area contributed by atoms with Crippen molar-refractivity contribution in [2.24, 2.45) is 0 Å². The number of hydrogen-bond acceptors (Lipinski definition) is 5. The molecule has 9 heteroatoms. The number of nitrogens with zero attached hydrogens (tertiary/aromatic N) is 1. The molecule has 1 aliphatic heterocycles. The average molecular weight is 476 g/mol. The summed E-state index contributed by atoms with van der Waals surface area (Å²) in [5.41, 5.74) is 3.76. The maximum absolute atomic E-state index is 11.6. The van der Waals surface area contributed by atoms with E-state index in [0.717, 1.165) is 29.8 Å². The highest BCUT2D eigenvalue weighted by Gasteiger charge is 2.48. The first-order chi connectivity index (χ1) is 12.8. The Balaban J connectivity index is 0.00000150. The summed E-state index contributed by atoms with van der Waals surface area (Å²) in [5.74, 6) is -2.26. The lowest BCUT2D eigenvalue weighted by atomic mass is 9.84. The fraction of sp³-hybridized carbons (Fsp3) is 0.250. The van der Waals surface area contributed by atoms with Gasteiger partial charge in [-0.2, -0.15) is 0 Å². The number of anilines is 1. The lowest BCUT2D eigenvalue weighted by Crippen LogP contribution is -2.57. The van der Waals surface area contributed by atoms with Gasteiger partial charge in [-0.3, -0.25) is 14.4 Å². The van der Waals surface area contributed by atoms with Gasteiger partial charge in [0.1, 0.15) is 0 Å². The quantitative estimate of drug-likeness (QED) is 0.538. The first-order valence-electron chi connectivity index (χ1n) is 8.50. The number of hydrogen-bond donors (Lipinski definition) is 1. The molecule has 1 heterocycles. The van der Waals surface area contributed by atoms with Crippen molar-refractivity contribution >= 4 is 71.1 Å². The van der Waals surface area contributed by atoms with Crippen LogP contribution in [0.5, 0.6) is 0 Å². The molecule has 1 N–H and O–H groups in total. The van der Waals surface area contributed by atoms with Crippen LogP contribution in [0.3, 0.4) is 0 Å². The van der Waals surface area contributed by atoms with Gasteiger partial charge in [-0.25, -0.2) is 0 Å². The number of rotatable bonds is 3. The van der Waals surface area contributed by atoms with Crippen molar-refractivity contribution < 1.29 is 14.4 Å². The zero-order chi connectivity index (χ0) is 19.3. The Morgan fingerprint density at radius 2 is 1.72 bits per heavy atom. The molecule has 2 aromatic rings. The first kappa shape index (κ1) is 23.6. The van der Waals surface area contributed by atoms with Crippen LogP contribution in [0.2, 0.25) is 10.0 Å². The Bertz CT molecular complexity index is 978. The summed E-state index contributed by atoms with van der Waals surface area (Å²) in [6, 6.07) is 10.1. The van der Waals surface area contributed by atoms with Gasteiger partial charge >= 0.3 is 0 Å². The molecule has 0 radical (unpaired) electrons. The van der Waals surface area contributed by atoms with Gasteiger partial charge in [0.2, 0.25) is 11.6 Å². The Morgan fingerprint density at radius 1 is 1.03 bits per heavy atom. The Labute approximate surface area is 190 Å². The predicted octanol–water partition coefficient (Wildman–Crippen LogP) is 3.92. The van der Waals surface area contributed by atoms with E-state index in [0.29, 0.717) is 15.7 Å². The normalized spacial score (nSPS) is 19.0. The van der Waals surface area contributed by atoms with Gasteiger partial charge in [0, 0.05) is 34.7 Å². The van der Waals surface area contributed by atoms with Crippen LogP contribution < -0.4 is 5.32 Å². The first-order valence-corrected chi connectivity index (χ1v) is 9.26. The number of nitrogens with one attached hydrogen (secondary N) is 1. The van der Waals surface area contributed by atoms with E-state index in [1.807, 2.05) is 31.3 Å². The lowest BCUT2D eigenvalue weighted by molar-refractivity contribution is -0.152. The van der Waals surface area contributed by atoms with Crippen LogP contribution in [0, 0.1) is 0 Å². The van der Waals surface area contributed by atoms with Crippen LogP contribution in [0.25, 0.3) is 0 Å². The van der Waals surface area contributed by atoms with Crippen LogP contribution in [-0.2, 0) is 20.9 Å². The molecule has 5 nitrogen and oxygen atoms in total. The molecule has 154 valence electrons. The molecule has 29 heavy (non-hydrogen) atoms. The van der Waals surface area contributed by atoms with Crippen molar-refractivity contribution in [3.8, 4) is 0 Å². The number of carbonyl (C=O) groups is 3. The van der Waals surface area contributed by atoms with E-state index in [4.69, 9.17) is 23.2 Å². The number of halogens is 4. The number of Topliss-reactive ketones (excluding diaryl/α,β-unsaturated/α-hetero) is 3. The van der Waals surface area contributed by atoms with Crippen molar-refractivity contribution in [3.05, 3.63) is 63.1 Å². The van der Waals surface area contributed by atoms with E-state index in [-0.39, 0.29) is 30.7 Å². The fourth-order valence-corrected chi connectivity index (χ4v) is 4.27. The zero-order valence-electron chi connectivity index (χ0n) is 15.3. The number of fused-ring (bicyclic) bond motifs is 1. The molecule has 1 unspecified atom stereocenters. The molecule has 1 saturated carbocycles. The molecule has 1 fully saturated rings. The van der Waals surface area contributed by atoms with E-state index in [2.05, 4.69) is 10.2 Å². The monoisotopic (exact) mass is 474 g/mol. The van der Waals surface area contributed by atoms with Crippen molar-refractivity contribution in [2.75, 3.05) is 18.9 Å². The molecule has 2 aliphatic rings. The van der Waals surface area contributed by atoms with Crippen LogP contribution in [0.1, 0.15) is 22.6 Å². The third-order valence-corrected chi connectivity index (χ3v) is 5.62. The topological polar surface area (TPSA) is 66.5 Å². The molecule has 1 atom stereocenters. The summed E-state index contributed by atoms with van der Waals surface area (Å²) in [6.45, 7) is 1.53. The highest BCUT2D eigenvalue weighted by atomic mass is 35.5. The standard InChI is InChI=1S/C20H16Cl2N2O3.2ClH/c1-24-8-14(13-6-11(21)7-16(22)15(13)9-24)10-3-2-4-12(5-10)23-17-18(25)20(27)19(17)26;;/h2-7,14,17,23H,8-9H2,1H3;2*1H. The van der Waals surface area contributed by atoms with E-state index in [1.165, 1.54) is 0 Å². The van der Waals surface area contributed by atoms with Gasteiger partial charge in [-0.15, -0.1) is 24.8 Å². The molecule has 2 aromatic carbocycles. The SMILES string of the molecule is CN1Cc2c(Cl)cc(Cl)cc2C(c2cccc(NC3C(=O)C(=O)C3=O)c2)C1.Cl.Cl. The number of benzene rings is 2. The number of ketones is 3. The molecule has 0 saturated heterocycles. The smallest absolute Gasteiger partial charge is 0.269 e. The molecular formula is C20H18Cl4N2O3. The van der Waals surface area contributed by atoms with Gasteiger partial charge in [0.15, 0.2) is 6.04 Å². The maximum atomic E-state index is 11.6. The Morgan fingerprint density at radius 3 is 2.41 bits per heavy atom. The number of likely N-dealkylation sites (N-methyl/N-ethyl adjacent to an activating group) is 1. The minimum atomic E-state index is -1.07. The highest BCUT2D eigenvalue weighted by molar-refractivity contribution is 6.79. The lowest BCUT2D eigenvalue weighted by Gasteiger charge is -2.33. The predicted molar refractivity (Wildman–Crippen MR) is 118 cm³/mol. The molecule has 0 bridgehead atoms. The minimum Gasteiger partial charge on any atom is -0.368 e. The second-order valence-corrected chi connectivity index (χ2v) is 7.81. The molecule has 4 rings (SSSR count). The second-order valence-electron chi connectivity index (χ2n) is 6.97. The molecule has 0 spiro atoms. The van der Waals surface area contributed by atoms with Gasteiger partial charge in [0.25, 0.3) is 5.78 Å². The minimum absolute atomic E-state index is 0. The number of carbonyl (C=O) groups excluding carboxylic acids is 3. The van der Waals surface area contributed by atoms with Gasteiger partial charge in [-0.1, -0.05) is 35.3 Å². The average Bonchev–Trinajstić information content (AvgIpc) is 2.65. The van der Waals surface area contributed by atoms with Crippen LogP contribution in [-0.4, -0.2) is 41.9 Å². The van der Waals surface area contributed by atoms with E-state index in [1.54, 1.807) is 12.1 Å². The van der Waals surface area contributed by atoms with Crippen molar-refractivity contribution in [1.82, 2.24) is 4.90 Å². The molecule has 0 aromatic heterocycles. The summed E-state index contributed by atoms with van der Waals surface area (Å²) in [5, 5.41) is 4.10. The second kappa shape index (κ2) is 9.02. The summed E-state index contributed by atoms with van der Waals surface area (Å²) < 4.78 is 0. The van der Waals surface area contributed by atoms with Crippen molar-refractivity contribution in [1.29, 1.82) is 0 Å². The largest absolute Gasteiger partial charge is 0.368 e. The molecular weight excluding hydrogens is 458 g/mol. The van der Waals surface area contributed by atoms with Crippen LogP contribution in [0.4, 0.5) is 5.69 Å². The summed E-state index contributed by atoms with van der Waals surface area (Å²) in [7, 11) is 2.03. The van der Waals surface area contributed by atoms with E-state index in [9.17, 15) is 14.4 Å². The Kier molecular flexibility index (Phi) is 7.36. The van der Waals surface area contributed by atoms with Crippen molar-refractivity contribution in [3.63, 3.8) is 0 Å². The van der Waals surface area contributed by atoms with Gasteiger partial charge in [-0.05, 0) is 48.0 Å². The third kappa shape index (κ3) is 4.30. The fourth-order valence-electron chi connectivity index (χ4n) is 3.70. The highest BCUT2D eigenvalue weighted by Crippen LogP contribution is 2.39. The Hall–Kier alpha value is -1.63. The molecule has 0 amide bonds. The third-order valence-electron chi connectivity index (χ3n) is 5.06. The summed E-state index contributed by atoms with van der Waals surface area (Å²) >= 11 is 12.6. The molecule has 1 aliphatic carbocycles. The van der Waals surface area contributed by atoms with Crippen LogP contribution in [0.15, 0.2) is 36.4 Å². The zero-order valence-corrected chi connectivity index (χ0v) is 18.4. The van der Waals surface area contributed by atoms with Crippen LogP contribution >= 0.6 is 48.0 Å². The summed E-state index contributed by atoms with van der Waals surface area (Å²) in [4.78, 5) is 36.5. The van der Waals surface area contributed by atoms with Crippen molar-refractivity contribution in [2.45, 2.75) is 18.5 Å². The van der Waals surface area contributed by atoms with E-state index < -0.39 is 23.4 Å². The summed E-state index contributed by atoms with van der Waals surface area (Å²) in [6.07, 6.45) is 0. The maximum Gasteiger partial charge on any atom is 0.269 e. The van der Waals surface area contributed by atoms with Gasteiger partial charge in [0.05, 0.1) is 0 Å².